The van der Waals surface area contributed by atoms with Gasteiger partial charge < -0.3 is 9.64 Å². The van der Waals surface area contributed by atoms with Crippen molar-refractivity contribution in [2.45, 2.75) is 25.0 Å². The molecule has 17 heavy (non-hydrogen) atoms. The molecule has 0 amide bonds. The van der Waals surface area contributed by atoms with Gasteiger partial charge >= 0.3 is 0 Å². The van der Waals surface area contributed by atoms with Gasteiger partial charge in [0.2, 0.25) is 5.95 Å². The third-order valence-corrected chi connectivity index (χ3v) is 3.20. The topological polar surface area (TPSA) is 76.3 Å². The smallest absolute Gasteiger partial charge is 0.239 e. The number of rotatable bonds is 2. The number of ether oxygens (including phenoxy) is 1. The predicted octanol–water partition coefficient (Wildman–Crippen LogP) is 0.269. The number of nitrogens with two attached hydrogens (primary N) is 1. The maximum Gasteiger partial charge on any atom is 0.239 e. The Morgan fingerprint density at radius 1 is 1.41 bits per heavy atom. The van der Waals surface area contributed by atoms with Crippen LogP contribution in [0.15, 0.2) is 6.20 Å². The van der Waals surface area contributed by atoms with Crippen LogP contribution in [0.3, 0.4) is 0 Å². The predicted molar refractivity (Wildman–Crippen MR) is 59.9 cm³/mol. The van der Waals surface area contributed by atoms with Gasteiger partial charge in [-0.3, -0.25) is 5.43 Å². The van der Waals surface area contributed by atoms with Crippen LogP contribution in [0.1, 0.15) is 12.8 Å². The number of hydrogen-bond acceptors (Lipinski definition) is 6. The van der Waals surface area contributed by atoms with Crippen LogP contribution in [-0.2, 0) is 4.74 Å². The Hall–Kier alpha value is -1.47. The quantitative estimate of drug-likeness (QED) is 0.570. The molecular weight excluding hydrogens is 225 g/mol. The van der Waals surface area contributed by atoms with E-state index in [-0.39, 0.29) is 18.2 Å². The molecule has 1 aromatic rings. The van der Waals surface area contributed by atoms with Gasteiger partial charge in [-0.1, -0.05) is 0 Å². The third-order valence-electron chi connectivity index (χ3n) is 3.20. The van der Waals surface area contributed by atoms with Gasteiger partial charge in [0.1, 0.15) is 0 Å². The van der Waals surface area contributed by atoms with Gasteiger partial charge in [-0.2, -0.15) is 4.98 Å². The van der Waals surface area contributed by atoms with Crippen LogP contribution >= 0.6 is 0 Å². The fourth-order valence-corrected chi connectivity index (χ4v) is 2.44. The molecule has 2 bridgehead atoms. The summed E-state index contributed by atoms with van der Waals surface area (Å²) in [6, 6.07) is 0. The molecule has 0 radical (unpaired) electrons. The number of aromatic nitrogens is 2. The number of nitrogens with one attached hydrogen (secondary N) is 1. The van der Waals surface area contributed by atoms with E-state index in [1.807, 2.05) is 4.90 Å². The van der Waals surface area contributed by atoms with E-state index in [0.717, 1.165) is 19.0 Å². The first-order chi connectivity index (χ1) is 8.26. The lowest BCUT2D eigenvalue weighted by molar-refractivity contribution is 0.0300. The van der Waals surface area contributed by atoms with Gasteiger partial charge in [0.05, 0.1) is 18.4 Å². The largest absolute Gasteiger partial charge is 0.371 e. The van der Waals surface area contributed by atoms with Gasteiger partial charge in [-0.05, 0) is 12.8 Å². The molecule has 0 spiro atoms. The van der Waals surface area contributed by atoms with E-state index in [1.165, 1.54) is 0 Å². The minimum absolute atomic E-state index is 0.192. The van der Waals surface area contributed by atoms with E-state index in [2.05, 4.69) is 15.4 Å². The number of fused-ring (bicyclic) bond motifs is 2. The van der Waals surface area contributed by atoms with Crippen LogP contribution in [0.2, 0.25) is 0 Å². The second kappa shape index (κ2) is 4.08. The maximum atomic E-state index is 13.7. The molecule has 0 saturated carbocycles. The Labute approximate surface area is 97.9 Å². The van der Waals surface area contributed by atoms with E-state index in [4.69, 9.17) is 10.6 Å². The van der Waals surface area contributed by atoms with E-state index < -0.39 is 5.82 Å². The van der Waals surface area contributed by atoms with E-state index in [9.17, 15) is 4.39 Å². The summed E-state index contributed by atoms with van der Waals surface area (Å²) in [5.74, 6) is 5.32. The Morgan fingerprint density at radius 2 is 2.12 bits per heavy atom. The van der Waals surface area contributed by atoms with Gasteiger partial charge in [-0.15, -0.1) is 0 Å². The lowest BCUT2D eigenvalue weighted by Crippen LogP contribution is -2.43. The molecule has 3 N–H and O–H groups in total. The Kier molecular flexibility index (Phi) is 2.56. The van der Waals surface area contributed by atoms with E-state index >= 15 is 0 Å². The van der Waals surface area contributed by atoms with Crippen LogP contribution < -0.4 is 16.2 Å². The molecule has 2 aliphatic rings. The maximum absolute atomic E-state index is 13.7. The van der Waals surface area contributed by atoms with Crippen molar-refractivity contribution in [3.8, 4) is 0 Å². The first kappa shape index (κ1) is 10.7. The summed E-state index contributed by atoms with van der Waals surface area (Å²) < 4.78 is 19.4. The highest BCUT2D eigenvalue weighted by molar-refractivity contribution is 5.44. The average Bonchev–Trinajstić information content (AvgIpc) is 2.69. The summed E-state index contributed by atoms with van der Waals surface area (Å²) >= 11 is 0. The van der Waals surface area contributed by atoms with Crippen LogP contribution in [0, 0.1) is 5.82 Å². The lowest BCUT2D eigenvalue weighted by Gasteiger charge is -2.33. The standard InChI is InChI=1S/C10H14FN5O/c11-8-3-13-10(15-12)14-9(8)16-4-6-1-2-7(5-16)17-6/h3,6-7H,1-2,4-5,12H2,(H,13,14,15). The van der Waals surface area contributed by atoms with Crippen molar-refractivity contribution in [2.75, 3.05) is 23.4 Å². The third kappa shape index (κ3) is 1.91. The molecule has 7 heteroatoms. The van der Waals surface area contributed by atoms with Crippen LogP contribution in [0.4, 0.5) is 16.2 Å². The van der Waals surface area contributed by atoms with Gasteiger partial charge in [-0.25, -0.2) is 15.2 Å². The molecule has 3 heterocycles. The van der Waals surface area contributed by atoms with Gasteiger partial charge in [0, 0.05) is 13.1 Å². The first-order valence-corrected chi connectivity index (χ1v) is 5.66. The number of nitrogen functional groups attached to an aromatic ring is 1. The summed E-state index contributed by atoms with van der Waals surface area (Å²) in [5, 5.41) is 0. The zero-order chi connectivity index (χ0) is 11.8. The highest BCUT2D eigenvalue weighted by Crippen LogP contribution is 2.29. The monoisotopic (exact) mass is 239 g/mol. The Morgan fingerprint density at radius 3 is 2.76 bits per heavy atom. The summed E-state index contributed by atoms with van der Waals surface area (Å²) in [7, 11) is 0. The van der Waals surface area contributed by atoms with E-state index in [1.54, 1.807) is 0 Å². The zero-order valence-electron chi connectivity index (χ0n) is 9.27. The van der Waals surface area contributed by atoms with Crippen molar-refractivity contribution >= 4 is 11.8 Å². The zero-order valence-corrected chi connectivity index (χ0v) is 9.27. The molecule has 0 aliphatic carbocycles. The molecule has 0 aromatic carbocycles. The van der Waals surface area contributed by atoms with Crippen molar-refractivity contribution in [1.29, 1.82) is 0 Å². The molecule has 2 saturated heterocycles. The van der Waals surface area contributed by atoms with E-state index in [0.29, 0.717) is 18.9 Å². The minimum Gasteiger partial charge on any atom is -0.371 e. The Bertz CT molecular complexity index is 417. The fraction of sp³-hybridized carbons (Fsp3) is 0.600. The Balaban J connectivity index is 1.88. The number of hydrazine groups is 1. The number of anilines is 2. The molecule has 1 aromatic heterocycles. The molecule has 2 atom stereocenters. The number of halogens is 1. The number of nitrogens with zero attached hydrogens (tertiary/aromatic N) is 3. The van der Waals surface area contributed by atoms with Crippen molar-refractivity contribution < 1.29 is 9.13 Å². The highest BCUT2D eigenvalue weighted by atomic mass is 19.1. The molecule has 6 nitrogen and oxygen atoms in total. The van der Waals surface area contributed by atoms with Crippen molar-refractivity contribution in [1.82, 2.24) is 9.97 Å². The van der Waals surface area contributed by atoms with Crippen LogP contribution in [0.5, 0.6) is 0 Å². The minimum atomic E-state index is -0.426. The SMILES string of the molecule is NNc1ncc(F)c(N2CC3CCC(C2)O3)n1. The van der Waals surface area contributed by atoms with Crippen molar-refractivity contribution in [3.63, 3.8) is 0 Å². The van der Waals surface area contributed by atoms with Crippen LogP contribution in [-0.4, -0.2) is 35.3 Å². The molecule has 3 rings (SSSR count). The van der Waals surface area contributed by atoms with Crippen LogP contribution in [0.25, 0.3) is 0 Å². The average molecular weight is 239 g/mol. The normalized spacial score (nSPS) is 27.3. The molecule has 2 unspecified atom stereocenters. The highest BCUT2D eigenvalue weighted by Gasteiger charge is 2.35. The lowest BCUT2D eigenvalue weighted by atomic mass is 10.2. The molecular formula is C10H14FN5O. The summed E-state index contributed by atoms with van der Waals surface area (Å²) in [4.78, 5) is 9.69. The fourth-order valence-electron chi connectivity index (χ4n) is 2.44. The molecule has 2 aliphatic heterocycles. The second-order valence-electron chi connectivity index (χ2n) is 4.37. The molecule has 92 valence electrons. The number of morpholine rings is 1. The first-order valence-electron chi connectivity index (χ1n) is 5.66. The summed E-state index contributed by atoms with van der Waals surface area (Å²) in [6.45, 7) is 1.35. The summed E-state index contributed by atoms with van der Waals surface area (Å²) in [5.41, 5.74) is 2.32. The number of hydrogen-bond donors (Lipinski definition) is 2. The summed E-state index contributed by atoms with van der Waals surface area (Å²) in [6.07, 6.45) is 3.59. The van der Waals surface area contributed by atoms with Gasteiger partial charge in [0.25, 0.3) is 0 Å². The molecule has 2 fully saturated rings. The second-order valence-corrected chi connectivity index (χ2v) is 4.37. The van der Waals surface area contributed by atoms with Crippen molar-refractivity contribution in [3.05, 3.63) is 12.0 Å². The van der Waals surface area contributed by atoms with Gasteiger partial charge in [0.15, 0.2) is 11.6 Å². The van der Waals surface area contributed by atoms with Crippen molar-refractivity contribution in [2.24, 2.45) is 5.84 Å².